The average Bonchev–Trinajstić information content (AvgIpc) is 2.96. The first-order valence-corrected chi connectivity index (χ1v) is 10.9. The Labute approximate surface area is 161 Å². The predicted molar refractivity (Wildman–Crippen MR) is 104 cm³/mol. The Hall–Kier alpha value is -2.36. The average molecular weight is 405 g/mol. The van der Waals surface area contributed by atoms with E-state index in [0.29, 0.717) is 19.4 Å². The first kappa shape index (κ1) is 19.4. The summed E-state index contributed by atoms with van der Waals surface area (Å²) in [5.74, 6) is -0.311. The number of pyridine rings is 1. The molecule has 0 saturated carbocycles. The molecule has 0 atom stereocenters. The van der Waals surface area contributed by atoms with E-state index in [1.165, 1.54) is 4.70 Å². The number of benzene rings is 1. The van der Waals surface area contributed by atoms with Crippen molar-refractivity contribution in [2.45, 2.75) is 19.4 Å². The predicted octanol–water partition coefficient (Wildman–Crippen LogP) is 1.79. The Morgan fingerprint density at radius 2 is 1.93 bits per heavy atom. The summed E-state index contributed by atoms with van der Waals surface area (Å²) >= 11 is 1.59. The van der Waals surface area contributed by atoms with E-state index in [-0.39, 0.29) is 5.75 Å². The van der Waals surface area contributed by atoms with Gasteiger partial charge in [0, 0.05) is 36.9 Å². The molecule has 1 aromatic carbocycles. The number of hydrogen-bond acceptors (Lipinski definition) is 6. The van der Waals surface area contributed by atoms with Crippen LogP contribution in [0.3, 0.4) is 0 Å². The summed E-state index contributed by atoms with van der Waals surface area (Å²) in [7, 11) is -2.15. The molecule has 0 aliphatic rings. The van der Waals surface area contributed by atoms with Gasteiger partial charge in [-0.2, -0.15) is 5.10 Å². The third kappa shape index (κ3) is 5.56. The molecular formula is C18H20N4O3S2. The Morgan fingerprint density at radius 1 is 1.19 bits per heavy atom. The minimum Gasteiger partial charge on any atom is -0.748 e. The Bertz CT molecular complexity index is 1110. The van der Waals surface area contributed by atoms with E-state index >= 15 is 0 Å². The fraction of sp³-hybridized carbons (Fsp3) is 0.278. The molecule has 0 saturated heterocycles. The quantitative estimate of drug-likeness (QED) is 0.198. The second-order valence-electron chi connectivity index (χ2n) is 6.09. The summed E-state index contributed by atoms with van der Waals surface area (Å²) in [5, 5.41) is 8.48. The SMILES string of the molecule is Cn1c(=NN=Cc2cc[n+](CCCCS(=O)(=O)[O-])cc2)sc2ccccc21. The summed E-state index contributed by atoms with van der Waals surface area (Å²) in [6.07, 6.45) is 6.49. The smallest absolute Gasteiger partial charge is 0.211 e. The van der Waals surface area contributed by atoms with Gasteiger partial charge in [-0.15, -0.1) is 5.10 Å². The lowest BCUT2D eigenvalue weighted by Gasteiger charge is -2.04. The van der Waals surface area contributed by atoms with Crippen LogP contribution in [-0.4, -0.2) is 29.5 Å². The van der Waals surface area contributed by atoms with E-state index in [9.17, 15) is 13.0 Å². The van der Waals surface area contributed by atoms with Gasteiger partial charge in [-0.25, -0.2) is 13.0 Å². The molecule has 0 amide bonds. The lowest BCUT2D eigenvalue weighted by molar-refractivity contribution is -0.697. The molecule has 0 N–H and O–H groups in total. The van der Waals surface area contributed by atoms with Gasteiger partial charge in [0.25, 0.3) is 0 Å². The summed E-state index contributed by atoms with van der Waals surface area (Å²) in [4.78, 5) is 0.826. The molecule has 2 aromatic heterocycles. The number of nitrogens with zero attached hydrogens (tertiary/aromatic N) is 4. The van der Waals surface area contributed by atoms with Crippen LogP contribution in [0.1, 0.15) is 18.4 Å². The van der Waals surface area contributed by atoms with Crippen LogP contribution >= 0.6 is 11.3 Å². The van der Waals surface area contributed by atoms with Gasteiger partial charge in [-0.3, -0.25) is 0 Å². The molecule has 2 heterocycles. The van der Waals surface area contributed by atoms with Crippen molar-refractivity contribution in [2.24, 2.45) is 17.3 Å². The molecule has 0 fully saturated rings. The molecule has 0 aliphatic carbocycles. The molecule has 0 bridgehead atoms. The molecule has 3 aromatic rings. The van der Waals surface area contributed by atoms with Gasteiger partial charge in [0.05, 0.1) is 26.5 Å². The van der Waals surface area contributed by atoms with Crippen LogP contribution in [0.2, 0.25) is 0 Å². The molecule has 142 valence electrons. The number of thiazole rings is 1. The van der Waals surface area contributed by atoms with Crippen molar-refractivity contribution in [3.8, 4) is 0 Å². The highest BCUT2D eigenvalue weighted by atomic mass is 32.2. The van der Waals surface area contributed by atoms with Crippen molar-refractivity contribution >= 4 is 37.9 Å². The topological polar surface area (TPSA) is 90.7 Å². The summed E-state index contributed by atoms with van der Waals surface area (Å²) < 4.78 is 36.8. The molecule has 0 radical (unpaired) electrons. The minimum atomic E-state index is -4.12. The number of unbranched alkanes of at least 4 members (excludes halogenated alkanes) is 1. The zero-order valence-corrected chi connectivity index (χ0v) is 16.5. The molecule has 3 rings (SSSR count). The van der Waals surface area contributed by atoms with Crippen molar-refractivity contribution < 1.29 is 17.5 Å². The number of rotatable bonds is 7. The van der Waals surface area contributed by atoms with Crippen LogP contribution in [-0.2, 0) is 23.7 Å². The lowest BCUT2D eigenvalue weighted by atomic mass is 10.3. The second-order valence-corrected chi connectivity index (χ2v) is 8.63. The summed E-state index contributed by atoms with van der Waals surface area (Å²) in [6.45, 7) is 0.662. The number of para-hydroxylation sites is 1. The monoisotopic (exact) mass is 404 g/mol. The summed E-state index contributed by atoms with van der Waals surface area (Å²) in [6, 6.07) is 11.9. The van der Waals surface area contributed by atoms with E-state index < -0.39 is 10.1 Å². The first-order chi connectivity index (χ1) is 12.9. The molecule has 0 unspecified atom stereocenters. The van der Waals surface area contributed by atoms with Gasteiger partial charge < -0.3 is 9.12 Å². The van der Waals surface area contributed by atoms with Crippen LogP contribution in [0, 0.1) is 0 Å². The minimum absolute atomic E-state index is 0.311. The van der Waals surface area contributed by atoms with E-state index in [2.05, 4.69) is 22.3 Å². The third-order valence-electron chi connectivity index (χ3n) is 4.04. The fourth-order valence-electron chi connectivity index (χ4n) is 2.60. The Kier molecular flexibility index (Phi) is 6.15. The molecular weight excluding hydrogens is 384 g/mol. The molecule has 7 nitrogen and oxygen atoms in total. The highest BCUT2D eigenvalue weighted by Crippen LogP contribution is 2.15. The maximum atomic E-state index is 10.6. The van der Waals surface area contributed by atoms with Crippen molar-refractivity contribution in [1.82, 2.24) is 4.57 Å². The van der Waals surface area contributed by atoms with Crippen LogP contribution in [0.15, 0.2) is 59.0 Å². The van der Waals surface area contributed by atoms with E-state index in [4.69, 9.17) is 0 Å². The van der Waals surface area contributed by atoms with E-state index in [1.807, 2.05) is 52.8 Å². The number of aryl methyl sites for hydroxylation is 2. The Balaban J connectivity index is 1.61. The lowest BCUT2D eigenvalue weighted by Crippen LogP contribution is -2.32. The van der Waals surface area contributed by atoms with Crippen molar-refractivity contribution in [3.05, 3.63) is 59.2 Å². The van der Waals surface area contributed by atoms with Crippen LogP contribution < -0.4 is 9.37 Å². The zero-order chi connectivity index (χ0) is 19.3. The van der Waals surface area contributed by atoms with Crippen molar-refractivity contribution in [2.75, 3.05) is 5.75 Å². The summed E-state index contributed by atoms with van der Waals surface area (Å²) in [5.41, 5.74) is 2.04. The normalized spacial score (nSPS) is 13.0. The largest absolute Gasteiger partial charge is 0.748 e. The van der Waals surface area contributed by atoms with Gasteiger partial charge in [0.15, 0.2) is 12.4 Å². The zero-order valence-electron chi connectivity index (χ0n) is 14.9. The highest BCUT2D eigenvalue weighted by molar-refractivity contribution is 7.85. The van der Waals surface area contributed by atoms with Gasteiger partial charge in [-0.05, 0) is 18.6 Å². The van der Waals surface area contributed by atoms with Crippen molar-refractivity contribution in [1.29, 1.82) is 0 Å². The number of aromatic nitrogens is 2. The van der Waals surface area contributed by atoms with Crippen LogP contribution in [0.4, 0.5) is 0 Å². The van der Waals surface area contributed by atoms with Crippen LogP contribution in [0.25, 0.3) is 10.2 Å². The standard InChI is InChI=1S/C18H20N4O3S2/c1-21-16-6-2-3-7-17(16)26-18(21)20-19-14-15-8-11-22(12-9-15)10-4-5-13-27(23,24)25/h2-3,6-9,11-12,14H,4-5,10,13H2,1H3. The maximum Gasteiger partial charge on any atom is 0.211 e. The van der Waals surface area contributed by atoms with Crippen molar-refractivity contribution in [3.63, 3.8) is 0 Å². The molecule has 9 heteroatoms. The van der Waals surface area contributed by atoms with Gasteiger partial charge in [-0.1, -0.05) is 23.5 Å². The number of fused-ring (bicyclic) bond motifs is 1. The van der Waals surface area contributed by atoms with Gasteiger partial charge in [0.1, 0.15) is 6.54 Å². The highest BCUT2D eigenvalue weighted by Gasteiger charge is 2.02. The number of hydrogen-bond donors (Lipinski definition) is 0. The van der Waals surface area contributed by atoms with E-state index in [0.717, 1.165) is 15.9 Å². The van der Waals surface area contributed by atoms with Gasteiger partial charge >= 0.3 is 0 Å². The van der Waals surface area contributed by atoms with Gasteiger partial charge in [0.2, 0.25) is 4.80 Å². The maximum absolute atomic E-state index is 10.6. The Morgan fingerprint density at radius 3 is 2.63 bits per heavy atom. The fourth-order valence-corrected chi connectivity index (χ4v) is 4.13. The molecule has 0 aliphatic heterocycles. The van der Waals surface area contributed by atoms with E-state index in [1.54, 1.807) is 17.6 Å². The van der Waals surface area contributed by atoms with Crippen LogP contribution in [0.5, 0.6) is 0 Å². The third-order valence-corrected chi connectivity index (χ3v) is 5.93. The molecule has 27 heavy (non-hydrogen) atoms. The molecule has 0 spiro atoms. The second kappa shape index (κ2) is 8.55. The first-order valence-electron chi connectivity index (χ1n) is 8.47.